The molecule has 0 amide bonds. The summed E-state index contributed by atoms with van der Waals surface area (Å²) in [6.45, 7) is 1.35. The third-order valence-electron chi connectivity index (χ3n) is 3.12. The Morgan fingerprint density at radius 3 is 3.11 bits per heavy atom. The van der Waals surface area contributed by atoms with Crippen LogP contribution < -0.4 is 5.32 Å². The van der Waals surface area contributed by atoms with Crippen molar-refractivity contribution in [3.8, 4) is 6.07 Å². The largest absolute Gasteiger partial charge is 0.377 e. The van der Waals surface area contributed by atoms with Crippen LogP contribution in [0.1, 0.15) is 24.4 Å². The summed E-state index contributed by atoms with van der Waals surface area (Å²) in [5, 5.41) is 23.0. The lowest BCUT2D eigenvalue weighted by Crippen LogP contribution is -2.29. The number of hydrogen-bond acceptors (Lipinski definition) is 5. The van der Waals surface area contributed by atoms with Gasteiger partial charge in [0.05, 0.1) is 17.1 Å². The van der Waals surface area contributed by atoms with Crippen LogP contribution in [0.4, 0.5) is 5.69 Å². The molecular weight excluding hydrogens is 246 g/mol. The normalized spacial score (nSPS) is 19.8. The van der Waals surface area contributed by atoms with Gasteiger partial charge in [0.25, 0.3) is 5.69 Å². The molecule has 0 aromatic heterocycles. The van der Waals surface area contributed by atoms with Gasteiger partial charge < -0.3 is 4.74 Å². The Balaban J connectivity index is 2.02. The first-order valence-electron chi connectivity index (χ1n) is 6.19. The predicted octanol–water partition coefficient (Wildman–Crippen LogP) is 1.93. The molecule has 1 aliphatic rings. The maximum Gasteiger partial charge on any atom is 0.269 e. The molecular formula is C13H15N3O3. The lowest BCUT2D eigenvalue weighted by atomic mass is 10.1. The predicted molar refractivity (Wildman–Crippen MR) is 68.4 cm³/mol. The zero-order chi connectivity index (χ0) is 13.7. The molecule has 1 fully saturated rings. The SMILES string of the molecule is N#CC(NCC1CCCO1)c1cccc([N+](=O)[O-])c1. The molecule has 0 spiro atoms. The average molecular weight is 261 g/mol. The third-order valence-corrected chi connectivity index (χ3v) is 3.12. The number of benzene rings is 1. The van der Waals surface area contributed by atoms with Gasteiger partial charge in [-0.3, -0.25) is 15.4 Å². The summed E-state index contributed by atoms with van der Waals surface area (Å²) >= 11 is 0. The second-order valence-corrected chi connectivity index (χ2v) is 4.46. The number of nitro benzene ring substituents is 1. The lowest BCUT2D eigenvalue weighted by molar-refractivity contribution is -0.384. The Hall–Kier alpha value is -1.97. The molecule has 2 unspecified atom stereocenters. The van der Waals surface area contributed by atoms with Crippen molar-refractivity contribution in [1.82, 2.24) is 5.32 Å². The first kappa shape index (κ1) is 13.5. The van der Waals surface area contributed by atoms with Crippen molar-refractivity contribution >= 4 is 5.69 Å². The number of nitro groups is 1. The Morgan fingerprint density at radius 2 is 2.47 bits per heavy atom. The number of rotatable bonds is 5. The Morgan fingerprint density at radius 1 is 1.63 bits per heavy atom. The molecule has 1 saturated heterocycles. The minimum atomic E-state index is -0.552. The van der Waals surface area contributed by atoms with Crippen molar-refractivity contribution in [2.24, 2.45) is 0 Å². The summed E-state index contributed by atoms with van der Waals surface area (Å²) in [5.41, 5.74) is 0.603. The van der Waals surface area contributed by atoms with Gasteiger partial charge in [0, 0.05) is 25.3 Å². The van der Waals surface area contributed by atoms with E-state index in [1.807, 2.05) is 0 Å². The number of nitriles is 1. The summed E-state index contributed by atoms with van der Waals surface area (Å²) in [7, 11) is 0. The van der Waals surface area contributed by atoms with E-state index in [2.05, 4.69) is 11.4 Å². The van der Waals surface area contributed by atoms with Crippen LogP contribution in [0.2, 0.25) is 0 Å². The van der Waals surface area contributed by atoms with Gasteiger partial charge in [0.2, 0.25) is 0 Å². The van der Waals surface area contributed by atoms with Crippen LogP contribution in [0, 0.1) is 21.4 Å². The smallest absolute Gasteiger partial charge is 0.269 e. The van der Waals surface area contributed by atoms with E-state index in [4.69, 9.17) is 10.00 Å². The summed E-state index contributed by atoms with van der Waals surface area (Å²) in [5.74, 6) is 0. The maximum atomic E-state index is 10.7. The van der Waals surface area contributed by atoms with Crippen LogP contribution >= 0.6 is 0 Å². The molecule has 2 rings (SSSR count). The summed E-state index contributed by atoms with van der Waals surface area (Å²) in [6.07, 6.45) is 2.16. The fraction of sp³-hybridized carbons (Fsp3) is 0.462. The van der Waals surface area contributed by atoms with E-state index in [1.54, 1.807) is 12.1 Å². The van der Waals surface area contributed by atoms with E-state index < -0.39 is 11.0 Å². The van der Waals surface area contributed by atoms with Crippen LogP contribution in [0.3, 0.4) is 0 Å². The number of nitrogens with one attached hydrogen (secondary N) is 1. The highest BCUT2D eigenvalue weighted by Crippen LogP contribution is 2.19. The van der Waals surface area contributed by atoms with E-state index >= 15 is 0 Å². The Kier molecular flexibility index (Phi) is 4.44. The van der Waals surface area contributed by atoms with E-state index in [0.717, 1.165) is 19.4 Å². The highest BCUT2D eigenvalue weighted by molar-refractivity contribution is 5.37. The van der Waals surface area contributed by atoms with Crippen molar-refractivity contribution in [2.45, 2.75) is 25.0 Å². The number of non-ortho nitro benzene ring substituents is 1. The van der Waals surface area contributed by atoms with Crippen LogP contribution in [0.5, 0.6) is 0 Å². The second kappa shape index (κ2) is 6.27. The number of ether oxygens (including phenoxy) is 1. The zero-order valence-electron chi connectivity index (χ0n) is 10.4. The molecule has 19 heavy (non-hydrogen) atoms. The highest BCUT2D eigenvalue weighted by Gasteiger charge is 2.19. The third kappa shape index (κ3) is 3.50. The summed E-state index contributed by atoms with van der Waals surface area (Å²) in [6, 6.07) is 7.71. The first-order chi connectivity index (χ1) is 9.20. The van der Waals surface area contributed by atoms with Gasteiger partial charge in [-0.1, -0.05) is 12.1 Å². The molecule has 100 valence electrons. The van der Waals surface area contributed by atoms with Crippen LogP contribution in [0.25, 0.3) is 0 Å². The second-order valence-electron chi connectivity index (χ2n) is 4.46. The fourth-order valence-corrected chi connectivity index (χ4v) is 2.11. The van der Waals surface area contributed by atoms with E-state index in [0.29, 0.717) is 12.1 Å². The maximum absolute atomic E-state index is 10.7. The first-order valence-corrected chi connectivity index (χ1v) is 6.19. The molecule has 2 atom stereocenters. The fourth-order valence-electron chi connectivity index (χ4n) is 2.11. The van der Waals surface area contributed by atoms with Crippen LogP contribution in [-0.4, -0.2) is 24.2 Å². The van der Waals surface area contributed by atoms with Gasteiger partial charge in [-0.2, -0.15) is 5.26 Å². The van der Waals surface area contributed by atoms with Gasteiger partial charge in [-0.05, 0) is 18.4 Å². The average Bonchev–Trinajstić information content (AvgIpc) is 2.93. The standard InChI is InChI=1S/C13H15N3O3/c14-8-13(15-9-12-5-2-6-19-12)10-3-1-4-11(7-10)16(17)18/h1,3-4,7,12-13,15H,2,5-6,9H2. The molecule has 0 saturated carbocycles. The molecule has 1 aromatic carbocycles. The number of hydrogen-bond donors (Lipinski definition) is 1. The molecule has 1 aliphatic heterocycles. The molecule has 0 radical (unpaired) electrons. The van der Waals surface area contributed by atoms with Gasteiger partial charge in [0.15, 0.2) is 0 Å². The Bertz CT molecular complexity index is 492. The minimum Gasteiger partial charge on any atom is -0.377 e. The monoisotopic (exact) mass is 261 g/mol. The lowest BCUT2D eigenvalue weighted by Gasteiger charge is -2.15. The van der Waals surface area contributed by atoms with E-state index in [9.17, 15) is 10.1 Å². The highest BCUT2D eigenvalue weighted by atomic mass is 16.6. The van der Waals surface area contributed by atoms with Crippen molar-refractivity contribution in [1.29, 1.82) is 5.26 Å². The molecule has 1 aromatic rings. The quantitative estimate of drug-likeness (QED) is 0.646. The molecule has 1 N–H and O–H groups in total. The van der Waals surface area contributed by atoms with Crippen molar-refractivity contribution in [3.63, 3.8) is 0 Å². The minimum absolute atomic E-state index is 0.00309. The molecule has 1 heterocycles. The van der Waals surface area contributed by atoms with Gasteiger partial charge in [0.1, 0.15) is 6.04 Å². The van der Waals surface area contributed by atoms with Gasteiger partial charge in [-0.15, -0.1) is 0 Å². The zero-order valence-corrected chi connectivity index (χ0v) is 10.4. The Labute approximate surface area is 111 Å². The van der Waals surface area contributed by atoms with Crippen LogP contribution in [0.15, 0.2) is 24.3 Å². The molecule has 6 nitrogen and oxygen atoms in total. The van der Waals surface area contributed by atoms with Crippen LogP contribution in [-0.2, 0) is 4.74 Å². The van der Waals surface area contributed by atoms with Crippen molar-refractivity contribution in [2.75, 3.05) is 13.2 Å². The molecule has 6 heteroatoms. The van der Waals surface area contributed by atoms with E-state index in [1.165, 1.54) is 12.1 Å². The van der Waals surface area contributed by atoms with Crippen molar-refractivity contribution in [3.05, 3.63) is 39.9 Å². The van der Waals surface area contributed by atoms with Gasteiger partial charge in [-0.25, -0.2) is 0 Å². The summed E-state index contributed by atoms with van der Waals surface area (Å²) in [4.78, 5) is 10.3. The van der Waals surface area contributed by atoms with Gasteiger partial charge >= 0.3 is 0 Å². The number of nitrogens with zero attached hydrogens (tertiary/aromatic N) is 2. The summed E-state index contributed by atoms with van der Waals surface area (Å²) < 4.78 is 5.47. The topological polar surface area (TPSA) is 88.2 Å². The van der Waals surface area contributed by atoms with Crippen molar-refractivity contribution < 1.29 is 9.66 Å². The molecule has 0 aliphatic carbocycles. The molecule has 0 bridgehead atoms. The van der Waals surface area contributed by atoms with E-state index in [-0.39, 0.29) is 11.8 Å².